The minimum Gasteiger partial charge on any atom is -0.454 e. The van der Waals surface area contributed by atoms with E-state index in [-0.39, 0.29) is 12.7 Å². The molecule has 0 fully saturated rings. The lowest BCUT2D eigenvalue weighted by atomic mass is 10.1. The molecule has 3 aromatic rings. The van der Waals surface area contributed by atoms with E-state index in [0.717, 1.165) is 29.2 Å². The van der Waals surface area contributed by atoms with Crippen molar-refractivity contribution in [1.29, 1.82) is 0 Å². The highest BCUT2D eigenvalue weighted by atomic mass is 16.7. The fourth-order valence-corrected chi connectivity index (χ4v) is 2.98. The normalized spacial score (nSPS) is 11.9. The predicted octanol–water partition coefficient (Wildman–Crippen LogP) is 3.39. The van der Waals surface area contributed by atoms with Gasteiger partial charge in [-0.2, -0.15) is 0 Å². The molecule has 1 aromatic heterocycles. The molecule has 1 amide bonds. The molecule has 0 saturated heterocycles. The lowest BCUT2D eigenvalue weighted by Crippen LogP contribution is -2.25. The number of amides is 1. The highest BCUT2D eigenvalue weighted by Gasteiger charge is 2.13. The molecule has 0 aliphatic carbocycles. The fourth-order valence-electron chi connectivity index (χ4n) is 2.98. The molecule has 2 heterocycles. The maximum Gasteiger partial charge on any atom is 0.252 e. The van der Waals surface area contributed by atoms with Crippen LogP contribution in [0.3, 0.4) is 0 Å². The Morgan fingerprint density at radius 1 is 0.964 bits per heavy atom. The van der Waals surface area contributed by atoms with Crippen molar-refractivity contribution in [3.8, 4) is 11.5 Å². The molecule has 4 rings (SSSR count). The van der Waals surface area contributed by atoms with Crippen LogP contribution in [-0.4, -0.2) is 24.2 Å². The van der Waals surface area contributed by atoms with Crippen LogP contribution in [0.25, 0.3) is 0 Å². The van der Waals surface area contributed by atoms with Crippen molar-refractivity contribution in [2.45, 2.75) is 13.0 Å². The molecule has 1 aliphatic rings. The Morgan fingerprint density at radius 3 is 2.71 bits per heavy atom. The smallest absolute Gasteiger partial charge is 0.252 e. The molecule has 1 aliphatic heterocycles. The van der Waals surface area contributed by atoms with E-state index in [2.05, 4.69) is 15.6 Å². The summed E-state index contributed by atoms with van der Waals surface area (Å²) in [6.07, 6.45) is 4.07. The van der Waals surface area contributed by atoms with Crippen LogP contribution in [0.15, 0.2) is 67.0 Å². The van der Waals surface area contributed by atoms with E-state index in [1.807, 2.05) is 48.5 Å². The minimum atomic E-state index is -0.129. The zero-order valence-corrected chi connectivity index (χ0v) is 15.4. The molecule has 0 saturated carbocycles. The Hall–Kier alpha value is -3.54. The van der Waals surface area contributed by atoms with E-state index in [4.69, 9.17) is 9.47 Å². The molecule has 6 heteroatoms. The first kappa shape index (κ1) is 17.9. The number of hydrogen-bond donors (Lipinski definition) is 2. The first-order chi connectivity index (χ1) is 13.8. The van der Waals surface area contributed by atoms with Crippen molar-refractivity contribution in [2.24, 2.45) is 0 Å². The van der Waals surface area contributed by atoms with Crippen LogP contribution in [0.4, 0.5) is 5.69 Å². The highest BCUT2D eigenvalue weighted by Crippen LogP contribution is 2.32. The van der Waals surface area contributed by atoms with Gasteiger partial charge in [-0.3, -0.25) is 9.78 Å². The van der Waals surface area contributed by atoms with Crippen LogP contribution in [0.2, 0.25) is 0 Å². The first-order valence-corrected chi connectivity index (χ1v) is 9.17. The van der Waals surface area contributed by atoms with Gasteiger partial charge < -0.3 is 20.1 Å². The van der Waals surface area contributed by atoms with Crippen LogP contribution < -0.4 is 20.1 Å². The lowest BCUT2D eigenvalue weighted by Gasteiger charge is -2.09. The third-order valence-corrected chi connectivity index (χ3v) is 4.48. The van der Waals surface area contributed by atoms with Crippen molar-refractivity contribution in [3.63, 3.8) is 0 Å². The molecule has 28 heavy (non-hydrogen) atoms. The Balaban J connectivity index is 1.31. The molecule has 0 unspecified atom stereocenters. The van der Waals surface area contributed by atoms with E-state index < -0.39 is 0 Å². The molecule has 0 spiro atoms. The number of nitrogens with one attached hydrogen (secondary N) is 2. The standard InChI is InChI=1S/C22H21N3O3/c26-22(24-9-8-16-4-2-1-3-5-16)18-11-19(14-23-13-18)25-12-17-6-7-20-21(10-17)28-15-27-20/h1-7,10-11,13-14,25H,8-9,12,15H2,(H,24,26). The van der Waals surface area contributed by atoms with Gasteiger partial charge in [0, 0.05) is 25.5 Å². The Labute approximate surface area is 163 Å². The average Bonchev–Trinajstić information content (AvgIpc) is 3.21. The predicted molar refractivity (Wildman–Crippen MR) is 107 cm³/mol. The maximum atomic E-state index is 12.4. The van der Waals surface area contributed by atoms with Crippen molar-refractivity contribution in [1.82, 2.24) is 10.3 Å². The summed E-state index contributed by atoms with van der Waals surface area (Å²) in [6.45, 7) is 1.44. The minimum absolute atomic E-state index is 0.129. The van der Waals surface area contributed by atoms with Gasteiger partial charge in [0.15, 0.2) is 11.5 Å². The van der Waals surface area contributed by atoms with Gasteiger partial charge in [-0.25, -0.2) is 0 Å². The van der Waals surface area contributed by atoms with Crippen molar-refractivity contribution < 1.29 is 14.3 Å². The van der Waals surface area contributed by atoms with Gasteiger partial charge in [0.25, 0.3) is 5.91 Å². The Morgan fingerprint density at radius 2 is 1.82 bits per heavy atom. The summed E-state index contributed by atoms with van der Waals surface area (Å²) in [5.74, 6) is 1.39. The third kappa shape index (κ3) is 4.40. The van der Waals surface area contributed by atoms with Crippen molar-refractivity contribution in [3.05, 3.63) is 83.7 Å². The van der Waals surface area contributed by atoms with Crippen LogP contribution in [0.1, 0.15) is 21.5 Å². The Bertz CT molecular complexity index is 960. The van der Waals surface area contributed by atoms with Crippen LogP contribution in [0.5, 0.6) is 11.5 Å². The molecule has 0 radical (unpaired) electrons. The molecule has 2 aromatic carbocycles. The molecule has 142 valence electrons. The molecule has 6 nitrogen and oxygen atoms in total. The summed E-state index contributed by atoms with van der Waals surface area (Å²) in [7, 11) is 0. The van der Waals surface area contributed by atoms with E-state index >= 15 is 0 Å². The van der Waals surface area contributed by atoms with Gasteiger partial charge in [-0.05, 0) is 35.7 Å². The fraction of sp³-hybridized carbons (Fsp3) is 0.182. The second-order valence-corrected chi connectivity index (χ2v) is 6.49. The van der Waals surface area contributed by atoms with Gasteiger partial charge in [0.2, 0.25) is 6.79 Å². The number of benzene rings is 2. The number of pyridine rings is 1. The summed E-state index contributed by atoms with van der Waals surface area (Å²) in [5.41, 5.74) is 3.57. The highest BCUT2D eigenvalue weighted by molar-refractivity contribution is 5.94. The quantitative estimate of drug-likeness (QED) is 0.662. The van der Waals surface area contributed by atoms with Gasteiger partial charge in [0.1, 0.15) is 0 Å². The number of aromatic nitrogens is 1. The summed E-state index contributed by atoms with van der Waals surface area (Å²) < 4.78 is 10.7. The van der Waals surface area contributed by atoms with Crippen LogP contribution in [0, 0.1) is 0 Å². The Kier molecular flexibility index (Phi) is 5.38. The van der Waals surface area contributed by atoms with E-state index in [0.29, 0.717) is 18.7 Å². The first-order valence-electron chi connectivity index (χ1n) is 9.17. The number of anilines is 1. The second-order valence-electron chi connectivity index (χ2n) is 6.49. The number of fused-ring (bicyclic) bond motifs is 1. The summed E-state index contributed by atoms with van der Waals surface area (Å²) in [4.78, 5) is 16.6. The SMILES string of the molecule is O=C(NCCc1ccccc1)c1cncc(NCc2ccc3c(c2)OCO3)c1. The molecule has 2 N–H and O–H groups in total. The molecule has 0 bridgehead atoms. The van der Waals surface area contributed by atoms with Crippen molar-refractivity contribution >= 4 is 11.6 Å². The average molecular weight is 375 g/mol. The number of ether oxygens (including phenoxy) is 2. The largest absolute Gasteiger partial charge is 0.454 e. The monoisotopic (exact) mass is 375 g/mol. The summed E-state index contributed by atoms with van der Waals surface area (Å²) >= 11 is 0. The topological polar surface area (TPSA) is 72.5 Å². The zero-order valence-electron chi connectivity index (χ0n) is 15.4. The number of carbonyl (C=O) groups excluding carboxylic acids is 1. The lowest BCUT2D eigenvalue weighted by molar-refractivity contribution is 0.0954. The second kappa shape index (κ2) is 8.43. The van der Waals surface area contributed by atoms with E-state index in [9.17, 15) is 4.79 Å². The van der Waals surface area contributed by atoms with Gasteiger partial charge >= 0.3 is 0 Å². The van der Waals surface area contributed by atoms with E-state index in [1.54, 1.807) is 18.5 Å². The van der Waals surface area contributed by atoms with E-state index in [1.165, 1.54) is 5.56 Å². The maximum absolute atomic E-state index is 12.4. The van der Waals surface area contributed by atoms with Gasteiger partial charge in [-0.1, -0.05) is 36.4 Å². The zero-order chi connectivity index (χ0) is 19.2. The van der Waals surface area contributed by atoms with Crippen LogP contribution >= 0.6 is 0 Å². The van der Waals surface area contributed by atoms with Crippen LogP contribution in [-0.2, 0) is 13.0 Å². The third-order valence-electron chi connectivity index (χ3n) is 4.48. The van der Waals surface area contributed by atoms with Crippen molar-refractivity contribution in [2.75, 3.05) is 18.7 Å². The summed E-state index contributed by atoms with van der Waals surface area (Å²) in [6, 6.07) is 17.7. The number of rotatable bonds is 7. The molecular weight excluding hydrogens is 354 g/mol. The number of carbonyl (C=O) groups is 1. The van der Waals surface area contributed by atoms with Gasteiger partial charge in [-0.15, -0.1) is 0 Å². The van der Waals surface area contributed by atoms with Gasteiger partial charge in [0.05, 0.1) is 11.3 Å². The number of nitrogens with zero attached hydrogens (tertiary/aromatic N) is 1. The summed E-state index contributed by atoms with van der Waals surface area (Å²) in [5, 5.41) is 6.23. The molecular formula is C22H21N3O3. The number of hydrogen-bond acceptors (Lipinski definition) is 5. The molecule has 0 atom stereocenters.